The number of hydrogen-bond donors (Lipinski definition) is 6. The van der Waals surface area contributed by atoms with E-state index < -0.39 is 75.7 Å². The van der Waals surface area contributed by atoms with E-state index in [0.29, 0.717) is 31.5 Å². The molecule has 0 radical (unpaired) electrons. The van der Waals surface area contributed by atoms with Crippen LogP contribution < -0.4 is 0 Å². The molecular weight excluding hydrogens is 843 g/mol. The van der Waals surface area contributed by atoms with Gasteiger partial charge >= 0.3 is 19.8 Å². The number of aliphatic hydroxyl groups is 5. The quantitative estimate of drug-likeness (QED) is 0.0111. The number of phosphoric acid groups is 1. The molecule has 5 unspecified atom stereocenters. The SMILES string of the molecule is CCCCCCCCCCCCCCCCCCCC(=O)OC[C@H](COP(=O)(O)OC1[C@H](O)[C@H](O)C(O)[C@H](O)[C@H]1O)OC(=O)CCC/C=C\C/C=C\C/C=C\CC1OC1CCCCC. The number of phosphoric ester groups is 1. The highest BCUT2D eigenvalue weighted by atomic mass is 31.2. The molecule has 0 spiro atoms. The number of allylic oxidation sites excluding steroid dienone is 5. The Bertz CT molecular complexity index is 1330. The number of esters is 2. The first-order valence-corrected chi connectivity index (χ1v) is 26.4. The van der Waals surface area contributed by atoms with Crippen molar-refractivity contribution in [2.45, 2.75) is 249 Å². The lowest BCUT2D eigenvalue weighted by atomic mass is 9.85. The number of hydrogen-bond acceptors (Lipinski definition) is 13. The Hall–Kier alpha value is -1.97. The van der Waals surface area contributed by atoms with Crippen LogP contribution in [0.2, 0.25) is 0 Å². The molecule has 15 heteroatoms. The molecule has 0 aromatic carbocycles. The molecule has 372 valence electrons. The second kappa shape index (κ2) is 36.1. The number of epoxide rings is 1. The number of aliphatic hydroxyl groups excluding tert-OH is 5. The lowest BCUT2D eigenvalue weighted by Crippen LogP contribution is -2.64. The van der Waals surface area contributed by atoms with Crippen molar-refractivity contribution in [3.63, 3.8) is 0 Å². The minimum atomic E-state index is -5.14. The van der Waals surface area contributed by atoms with Gasteiger partial charge in [-0.25, -0.2) is 4.57 Å². The first-order valence-electron chi connectivity index (χ1n) is 24.9. The largest absolute Gasteiger partial charge is 0.472 e. The van der Waals surface area contributed by atoms with Crippen LogP contribution in [0, 0.1) is 0 Å². The maximum atomic E-state index is 12.8. The fraction of sp³-hybridized carbons (Fsp3) is 0.837. The van der Waals surface area contributed by atoms with E-state index in [9.17, 15) is 44.6 Å². The van der Waals surface area contributed by atoms with Crippen LogP contribution in [0.3, 0.4) is 0 Å². The zero-order valence-electron chi connectivity index (χ0n) is 39.3. The van der Waals surface area contributed by atoms with Gasteiger partial charge in [0.25, 0.3) is 0 Å². The summed E-state index contributed by atoms with van der Waals surface area (Å²) in [4.78, 5) is 35.8. The van der Waals surface area contributed by atoms with Crippen molar-refractivity contribution in [1.29, 1.82) is 0 Å². The third-order valence-corrected chi connectivity index (χ3v) is 12.9. The van der Waals surface area contributed by atoms with Gasteiger partial charge in [0.2, 0.25) is 0 Å². The van der Waals surface area contributed by atoms with Crippen molar-refractivity contribution in [1.82, 2.24) is 0 Å². The Morgan fingerprint density at radius 1 is 0.562 bits per heavy atom. The number of carbonyl (C=O) groups is 2. The van der Waals surface area contributed by atoms with E-state index in [1.165, 1.54) is 103 Å². The maximum absolute atomic E-state index is 12.8. The number of carbonyl (C=O) groups excluding carboxylic acids is 2. The average Bonchev–Trinajstić information content (AvgIpc) is 4.03. The van der Waals surface area contributed by atoms with Crippen LogP contribution in [0.15, 0.2) is 36.5 Å². The maximum Gasteiger partial charge on any atom is 0.472 e. The Balaban J connectivity index is 1.69. The fourth-order valence-electron chi connectivity index (χ4n) is 7.79. The molecule has 1 saturated heterocycles. The van der Waals surface area contributed by atoms with Crippen LogP contribution in [-0.2, 0) is 37.4 Å². The van der Waals surface area contributed by atoms with Gasteiger partial charge in [-0.15, -0.1) is 0 Å². The Morgan fingerprint density at radius 2 is 1.03 bits per heavy atom. The first-order chi connectivity index (χ1) is 30.9. The second-order valence-corrected chi connectivity index (χ2v) is 19.1. The normalized spacial score (nSPS) is 25.0. The molecular formula is C49H87O14P. The topological polar surface area (TPSA) is 222 Å². The molecule has 64 heavy (non-hydrogen) atoms. The van der Waals surface area contributed by atoms with Gasteiger partial charge in [-0.1, -0.05) is 172 Å². The highest BCUT2D eigenvalue weighted by Gasteiger charge is 2.51. The molecule has 0 aromatic heterocycles. The Labute approximate surface area is 384 Å². The molecule has 2 rings (SSSR count). The molecule has 0 aromatic rings. The second-order valence-electron chi connectivity index (χ2n) is 17.7. The molecule has 1 aliphatic carbocycles. The van der Waals surface area contributed by atoms with Gasteiger partial charge in [-0.3, -0.25) is 18.6 Å². The summed E-state index contributed by atoms with van der Waals surface area (Å²) in [5.41, 5.74) is 0. The van der Waals surface area contributed by atoms with Crippen molar-refractivity contribution < 1.29 is 67.8 Å². The van der Waals surface area contributed by atoms with Gasteiger partial charge in [-0.05, 0) is 44.9 Å². The summed E-state index contributed by atoms with van der Waals surface area (Å²) in [7, 11) is -5.14. The predicted molar refractivity (Wildman–Crippen MR) is 248 cm³/mol. The van der Waals surface area contributed by atoms with E-state index in [1.54, 1.807) is 0 Å². The van der Waals surface area contributed by atoms with Gasteiger partial charge in [0, 0.05) is 12.8 Å². The smallest absolute Gasteiger partial charge is 0.462 e. The molecule has 14 nitrogen and oxygen atoms in total. The molecule has 0 bridgehead atoms. The molecule has 6 N–H and O–H groups in total. The first kappa shape index (κ1) is 58.2. The van der Waals surface area contributed by atoms with E-state index in [2.05, 4.69) is 38.2 Å². The Morgan fingerprint density at radius 3 is 1.59 bits per heavy atom. The zero-order valence-corrected chi connectivity index (χ0v) is 40.2. The van der Waals surface area contributed by atoms with Crippen LogP contribution in [0.4, 0.5) is 0 Å². The van der Waals surface area contributed by atoms with E-state index in [1.807, 2.05) is 12.2 Å². The van der Waals surface area contributed by atoms with E-state index >= 15 is 0 Å². The van der Waals surface area contributed by atoms with Crippen LogP contribution in [0.1, 0.15) is 194 Å². The van der Waals surface area contributed by atoms with E-state index in [4.69, 9.17) is 23.3 Å². The summed E-state index contributed by atoms with van der Waals surface area (Å²) in [5, 5.41) is 50.2. The standard InChI is InChI=1S/C49H87O14P/c1-3-5-7-8-9-10-11-12-13-14-15-16-17-21-24-27-31-35-42(50)59-37-39(38-60-64(57,58)63-49-47(55)45(53)44(52)46(54)48(49)56)61-43(51)36-32-28-25-22-19-18-20-23-26-30-34-41-40(62-41)33-29-6-4-2/h18,20,22,25-26,30,39-41,44-49,52-56H,3-17,19,21,23-24,27-29,31-38H2,1-2H3,(H,57,58)/b20-18-,25-22-,30-26-/t39-,40?,41?,44?,45-,46+,47-,48-,49?/m1/s1. The lowest BCUT2D eigenvalue weighted by molar-refractivity contribution is -0.220. The molecule has 2 fully saturated rings. The van der Waals surface area contributed by atoms with Crippen molar-refractivity contribution in [2.24, 2.45) is 0 Å². The van der Waals surface area contributed by atoms with Crippen molar-refractivity contribution in [3.8, 4) is 0 Å². The third kappa shape index (κ3) is 27.6. The summed E-state index contributed by atoms with van der Waals surface area (Å²) < 4.78 is 39.3. The lowest BCUT2D eigenvalue weighted by Gasteiger charge is -2.41. The van der Waals surface area contributed by atoms with Crippen LogP contribution >= 0.6 is 7.82 Å². The summed E-state index contributed by atoms with van der Waals surface area (Å²) in [5.74, 6) is -1.16. The van der Waals surface area contributed by atoms with Crippen molar-refractivity contribution in [3.05, 3.63) is 36.5 Å². The van der Waals surface area contributed by atoms with Crippen molar-refractivity contribution >= 4 is 19.8 Å². The molecule has 0 amide bonds. The molecule has 1 aliphatic heterocycles. The van der Waals surface area contributed by atoms with Crippen molar-refractivity contribution in [2.75, 3.05) is 13.2 Å². The summed E-state index contributed by atoms with van der Waals surface area (Å²) in [6.45, 7) is 3.24. The van der Waals surface area contributed by atoms with Crippen LogP contribution in [-0.4, -0.2) is 111 Å². The van der Waals surface area contributed by atoms with Crippen LogP contribution in [0.25, 0.3) is 0 Å². The molecule has 1 heterocycles. The summed E-state index contributed by atoms with van der Waals surface area (Å²) >= 11 is 0. The predicted octanol–water partition coefficient (Wildman–Crippen LogP) is 9.16. The zero-order chi connectivity index (χ0) is 46.8. The summed E-state index contributed by atoms with van der Waals surface area (Å²) in [6.07, 6.45) is 29.4. The van der Waals surface area contributed by atoms with Gasteiger partial charge < -0.3 is 44.6 Å². The van der Waals surface area contributed by atoms with Gasteiger partial charge in [0.15, 0.2) is 6.10 Å². The molecule has 10 atom stereocenters. The minimum Gasteiger partial charge on any atom is -0.462 e. The summed E-state index contributed by atoms with van der Waals surface area (Å²) in [6, 6.07) is 0. The average molecular weight is 931 g/mol. The third-order valence-electron chi connectivity index (χ3n) is 11.9. The fourth-order valence-corrected chi connectivity index (χ4v) is 8.76. The number of ether oxygens (including phenoxy) is 3. The van der Waals surface area contributed by atoms with E-state index in [0.717, 1.165) is 44.9 Å². The molecule has 2 aliphatic rings. The monoisotopic (exact) mass is 931 g/mol. The molecule has 1 saturated carbocycles. The van der Waals surface area contributed by atoms with Gasteiger partial charge in [0.05, 0.1) is 18.8 Å². The minimum absolute atomic E-state index is 0.0185. The highest BCUT2D eigenvalue weighted by molar-refractivity contribution is 7.47. The highest BCUT2D eigenvalue weighted by Crippen LogP contribution is 2.47. The van der Waals surface area contributed by atoms with Crippen LogP contribution in [0.5, 0.6) is 0 Å². The van der Waals surface area contributed by atoms with Gasteiger partial charge in [0.1, 0.15) is 43.2 Å². The van der Waals surface area contributed by atoms with E-state index in [-0.39, 0.29) is 12.8 Å². The van der Waals surface area contributed by atoms with Gasteiger partial charge in [-0.2, -0.15) is 0 Å². The Kier molecular flexibility index (Phi) is 32.8. The number of unbranched alkanes of at least 4 members (excludes halogenated alkanes) is 19. The number of rotatable bonds is 40.